The molecule has 4 atom stereocenters. The van der Waals surface area contributed by atoms with Crippen molar-refractivity contribution in [3.63, 3.8) is 0 Å². The Morgan fingerprint density at radius 3 is 2.33 bits per heavy atom. The monoisotopic (exact) mass is 417 g/mol. The lowest BCUT2D eigenvalue weighted by Crippen LogP contribution is -2.60. The van der Waals surface area contributed by atoms with Crippen LogP contribution in [0.5, 0.6) is 0 Å². The second-order valence-corrected chi connectivity index (χ2v) is 7.93. The zero-order valence-electron chi connectivity index (χ0n) is 17.1. The molecule has 0 spiro atoms. The van der Waals surface area contributed by atoms with Crippen molar-refractivity contribution in [2.75, 3.05) is 6.54 Å². The van der Waals surface area contributed by atoms with Crippen LogP contribution in [0.2, 0.25) is 0 Å². The van der Waals surface area contributed by atoms with E-state index in [4.69, 9.17) is 11.5 Å². The van der Waals surface area contributed by atoms with Gasteiger partial charge in [-0.05, 0) is 38.5 Å². The Labute approximate surface area is 175 Å². The molecule has 9 heteroatoms. The molecular formula is C21H27N3O6. The number of benzene rings is 1. The van der Waals surface area contributed by atoms with Crippen molar-refractivity contribution in [1.29, 1.82) is 0 Å². The number of carbonyl (C=O) groups excluding carboxylic acids is 2. The second-order valence-electron chi connectivity index (χ2n) is 7.93. The molecule has 0 aromatic heterocycles. The van der Waals surface area contributed by atoms with E-state index < -0.39 is 41.7 Å². The standard InChI is InChI=1S/C21H27N3O6/c1-5-13-6-8-14(9-7-13)12(2)22-18(26)16-10-15(25)11-24(16)19(27)17(21(3,4)30)23-20(28)29/h1,6-9,12,15-17,23,25,30H,10-11H2,2-4H3,(H,22,26)(H,28,29)/t12?,15-,16+,17?/m1/s1. The van der Waals surface area contributed by atoms with Gasteiger partial charge in [-0.3, -0.25) is 9.59 Å². The van der Waals surface area contributed by atoms with E-state index in [-0.39, 0.29) is 19.0 Å². The van der Waals surface area contributed by atoms with E-state index in [1.54, 1.807) is 31.2 Å². The zero-order chi connectivity index (χ0) is 22.6. The Bertz CT molecular complexity index is 840. The highest BCUT2D eigenvalue weighted by atomic mass is 16.4. The molecule has 1 heterocycles. The third-order valence-electron chi connectivity index (χ3n) is 5.02. The number of nitrogens with zero attached hydrogens (tertiary/aromatic N) is 1. The summed E-state index contributed by atoms with van der Waals surface area (Å²) in [5.41, 5.74) is -0.201. The summed E-state index contributed by atoms with van der Waals surface area (Å²) < 4.78 is 0. The van der Waals surface area contributed by atoms with Gasteiger partial charge in [0.2, 0.25) is 11.8 Å². The molecule has 1 aliphatic heterocycles. The number of likely N-dealkylation sites (tertiary alicyclic amines) is 1. The Hall–Kier alpha value is -3.09. The largest absolute Gasteiger partial charge is 0.465 e. The summed E-state index contributed by atoms with van der Waals surface area (Å²) in [5, 5.41) is 34.1. The molecule has 0 aliphatic carbocycles. The summed E-state index contributed by atoms with van der Waals surface area (Å²) in [6.07, 6.45) is 2.92. The quantitative estimate of drug-likeness (QED) is 0.420. The van der Waals surface area contributed by atoms with Crippen LogP contribution in [-0.2, 0) is 9.59 Å². The number of carboxylic acid groups (broad SMARTS) is 1. The molecule has 2 rings (SSSR count). The highest BCUT2D eigenvalue weighted by molar-refractivity contribution is 5.92. The minimum atomic E-state index is -1.71. The average molecular weight is 417 g/mol. The number of nitrogens with one attached hydrogen (secondary N) is 2. The van der Waals surface area contributed by atoms with Crippen LogP contribution in [0.15, 0.2) is 24.3 Å². The number of hydrogen-bond acceptors (Lipinski definition) is 5. The number of β-amino-alcohol motifs (C(OH)–C–C–N with tert-alkyl or cyclic N) is 1. The van der Waals surface area contributed by atoms with Crippen LogP contribution < -0.4 is 10.6 Å². The fourth-order valence-corrected chi connectivity index (χ4v) is 3.40. The Morgan fingerprint density at radius 2 is 1.83 bits per heavy atom. The van der Waals surface area contributed by atoms with E-state index in [1.165, 1.54) is 13.8 Å². The normalized spacial score (nSPS) is 20.7. The maximum absolute atomic E-state index is 12.9. The molecule has 1 fully saturated rings. The van der Waals surface area contributed by atoms with Crippen LogP contribution in [0, 0.1) is 12.3 Å². The Kier molecular flexibility index (Phi) is 7.08. The van der Waals surface area contributed by atoms with Crippen molar-refractivity contribution in [3.05, 3.63) is 35.4 Å². The van der Waals surface area contributed by atoms with Gasteiger partial charge in [-0.25, -0.2) is 4.79 Å². The fourth-order valence-electron chi connectivity index (χ4n) is 3.40. The van der Waals surface area contributed by atoms with Crippen molar-refractivity contribution >= 4 is 17.9 Å². The van der Waals surface area contributed by atoms with Crippen LogP contribution in [0.1, 0.15) is 44.4 Å². The number of hydrogen-bond donors (Lipinski definition) is 5. The molecule has 3 amide bonds. The fraction of sp³-hybridized carbons (Fsp3) is 0.476. The number of aliphatic hydroxyl groups is 2. The van der Waals surface area contributed by atoms with Gasteiger partial charge in [0.05, 0.1) is 17.7 Å². The molecule has 1 aromatic rings. The summed E-state index contributed by atoms with van der Waals surface area (Å²) in [5.74, 6) is 1.24. The van der Waals surface area contributed by atoms with Crippen molar-refractivity contribution in [3.8, 4) is 12.3 Å². The SMILES string of the molecule is C#Cc1ccc(C(C)NC(=O)[C@@H]2C[C@@H](O)CN2C(=O)C(NC(=O)O)C(C)(C)O)cc1. The molecule has 0 saturated carbocycles. The molecule has 1 aliphatic rings. The van der Waals surface area contributed by atoms with Gasteiger partial charge in [-0.15, -0.1) is 6.42 Å². The number of carbonyl (C=O) groups is 3. The van der Waals surface area contributed by atoms with Gasteiger partial charge >= 0.3 is 6.09 Å². The molecule has 2 unspecified atom stereocenters. The van der Waals surface area contributed by atoms with Gasteiger partial charge in [0.25, 0.3) is 0 Å². The van der Waals surface area contributed by atoms with Gasteiger partial charge in [-0.2, -0.15) is 0 Å². The summed E-state index contributed by atoms with van der Waals surface area (Å²) in [6.45, 7) is 4.20. The molecule has 0 bridgehead atoms. The van der Waals surface area contributed by atoms with Crippen LogP contribution >= 0.6 is 0 Å². The first-order valence-corrected chi connectivity index (χ1v) is 9.51. The zero-order valence-corrected chi connectivity index (χ0v) is 17.1. The van der Waals surface area contributed by atoms with Crippen LogP contribution in [0.25, 0.3) is 0 Å². The van der Waals surface area contributed by atoms with Crippen LogP contribution in [0.4, 0.5) is 4.79 Å². The summed E-state index contributed by atoms with van der Waals surface area (Å²) >= 11 is 0. The summed E-state index contributed by atoms with van der Waals surface area (Å²) in [6, 6.07) is 4.18. The first-order valence-electron chi connectivity index (χ1n) is 9.51. The van der Waals surface area contributed by atoms with Gasteiger partial charge in [-0.1, -0.05) is 18.1 Å². The molecule has 0 radical (unpaired) electrons. The van der Waals surface area contributed by atoms with Gasteiger partial charge in [0.1, 0.15) is 12.1 Å². The maximum atomic E-state index is 12.9. The molecule has 9 nitrogen and oxygen atoms in total. The predicted octanol–water partition coefficient (Wildman–Crippen LogP) is 0.214. The smallest absolute Gasteiger partial charge is 0.405 e. The van der Waals surface area contributed by atoms with Crippen LogP contribution in [0.3, 0.4) is 0 Å². The average Bonchev–Trinajstić information content (AvgIpc) is 3.06. The molecule has 1 aromatic carbocycles. The third kappa shape index (κ3) is 5.49. The van der Waals surface area contributed by atoms with E-state index in [9.17, 15) is 24.6 Å². The minimum absolute atomic E-state index is 0.00593. The number of amides is 3. The molecule has 162 valence electrons. The Morgan fingerprint density at radius 1 is 1.23 bits per heavy atom. The minimum Gasteiger partial charge on any atom is -0.465 e. The first-order chi connectivity index (χ1) is 13.9. The number of rotatable bonds is 6. The van der Waals surface area contributed by atoms with Gasteiger partial charge in [0.15, 0.2) is 0 Å². The number of terminal acetylenes is 1. The lowest BCUT2D eigenvalue weighted by atomic mass is 9.97. The van der Waals surface area contributed by atoms with E-state index in [0.717, 1.165) is 10.5 Å². The van der Waals surface area contributed by atoms with E-state index in [1.807, 2.05) is 5.32 Å². The van der Waals surface area contributed by atoms with Crippen molar-refractivity contribution < 1.29 is 29.7 Å². The van der Waals surface area contributed by atoms with Gasteiger partial charge < -0.3 is 30.9 Å². The predicted molar refractivity (Wildman–Crippen MR) is 108 cm³/mol. The highest BCUT2D eigenvalue weighted by Gasteiger charge is 2.45. The van der Waals surface area contributed by atoms with E-state index in [2.05, 4.69) is 11.2 Å². The third-order valence-corrected chi connectivity index (χ3v) is 5.02. The van der Waals surface area contributed by atoms with Crippen molar-refractivity contribution in [1.82, 2.24) is 15.5 Å². The number of aliphatic hydroxyl groups excluding tert-OH is 1. The topological polar surface area (TPSA) is 139 Å². The maximum Gasteiger partial charge on any atom is 0.405 e. The van der Waals surface area contributed by atoms with Crippen molar-refractivity contribution in [2.45, 2.75) is 57.0 Å². The second kappa shape index (κ2) is 9.15. The first kappa shape index (κ1) is 23.2. The lowest BCUT2D eigenvalue weighted by molar-refractivity contribution is -0.144. The molecule has 1 saturated heterocycles. The van der Waals surface area contributed by atoms with Gasteiger partial charge in [0, 0.05) is 18.5 Å². The summed E-state index contributed by atoms with van der Waals surface area (Å²) in [7, 11) is 0. The molecule has 5 N–H and O–H groups in total. The molecule has 30 heavy (non-hydrogen) atoms. The lowest BCUT2D eigenvalue weighted by Gasteiger charge is -2.34. The summed E-state index contributed by atoms with van der Waals surface area (Å²) in [4.78, 5) is 38.0. The highest BCUT2D eigenvalue weighted by Crippen LogP contribution is 2.23. The van der Waals surface area contributed by atoms with E-state index in [0.29, 0.717) is 5.56 Å². The van der Waals surface area contributed by atoms with Crippen molar-refractivity contribution in [2.24, 2.45) is 0 Å². The Balaban J connectivity index is 2.17. The molecular weight excluding hydrogens is 390 g/mol. The van der Waals surface area contributed by atoms with E-state index >= 15 is 0 Å². The van der Waals surface area contributed by atoms with Crippen LogP contribution in [-0.4, -0.2) is 68.5 Å².